The van der Waals surface area contributed by atoms with Crippen molar-refractivity contribution in [2.45, 2.75) is 45.2 Å². The number of nitrogens with zero attached hydrogens (tertiary/aromatic N) is 1. The zero-order valence-electron chi connectivity index (χ0n) is 12.0. The van der Waals surface area contributed by atoms with Crippen molar-refractivity contribution in [1.82, 2.24) is 4.90 Å². The maximum atomic E-state index is 13.7. The molecule has 0 bridgehead atoms. The molecule has 2 rings (SSSR count). The second kappa shape index (κ2) is 6.49. The highest BCUT2D eigenvalue weighted by Gasteiger charge is 2.24. The van der Waals surface area contributed by atoms with E-state index < -0.39 is 0 Å². The molecule has 0 amide bonds. The number of benzene rings is 1. The Labute approximate surface area is 115 Å². The zero-order chi connectivity index (χ0) is 13.8. The number of hydrogen-bond acceptors (Lipinski definition) is 2. The largest absolute Gasteiger partial charge is 0.324 e. The molecule has 19 heavy (non-hydrogen) atoms. The first kappa shape index (κ1) is 14.5. The molecule has 1 saturated heterocycles. The minimum atomic E-state index is -0.203. The Morgan fingerprint density at radius 1 is 1.37 bits per heavy atom. The van der Waals surface area contributed by atoms with Gasteiger partial charge >= 0.3 is 0 Å². The van der Waals surface area contributed by atoms with Gasteiger partial charge in [-0.1, -0.05) is 25.1 Å². The van der Waals surface area contributed by atoms with E-state index in [1.807, 2.05) is 6.07 Å². The van der Waals surface area contributed by atoms with Crippen molar-refractivity contribution in [3.05, 3.63) is 35.6 Å². The first-order valence-corrected chi connectivity index (χ1v) is 7.33. The fourth-order valence-corrected chi connectivity index (χ4v) is 2.97. The van der Waals surface area contributed by atoms with Crippen LogP contribution in [0, 0.1) is 11.7 Å². The number of nitrogens with two attached hydrogens (primary N) is 1. The molecule has 1 aliphatic rings. The Balaban J connectivity index is 1.90. The van der Waals surface area contributed by atoms with Gasteiger partial charge in [0.25, 0.3) is 0 Å². The Kier molecular flexibility index (Phi) is 4.94. The van der Waals surface area contributed by atoms with Gasteiger partial charge in [-0.3, -0.25) is 0 Å². The van der Waals surface area contributed by atoms with Crippen LogP contribution in [0.3, 0.4) is 0 Å². The van der Waals surface area contributed by atoms with Crippen LogP contribution in [0.2, 0.25) is 0 Å². The van der Waals surface area contributed by atoms with Crippen LogP contribution in [0.5, 0.6) is 0 Å². The summed E-state index contributed by atoms with van der Waals surface area (Å²) in [7, 11) is 0. The SMILES string of the molecule is CC1CCCN(CCC(N)c2ccccc2F)C1C. The molecule has 2 nitrogen and oxygen atoms in total. The molecule has 0 radical (unpaired) electrons. The van der Waals surface area contributed by atoms with Crippen molar-refractivity contribution in [2.24, 2.45) is 11.7 Å². The van der Waals surface area contributed by atoms with E-state index in [1.54, 1.807) is 12.1 Å². The lowest BCUT2D eigenvalue weighted by atomic mass is 9.91. The third-order valence-electron chi connectivity index (χ3n) is 4.54. The number of rotatable bonds is 4. The standard InChI is InChI=1S/C16H25FN2/c1-12-6-5-10-19(13(12)2)11-9-16(18)14-7-3-4-8-15(14)17/h3-4,7-8,12-13,16H,5-6,9-11,18H2,1-2H3. The number of halogens is 1. The van der Waals surface area contributed by atoms with Crippen LogP contribution in [0.15, 0.2) is 24.3 Å². The molecule has 1 aromatic rings. The summed E-state index contributed by atoms with van der Waals surface area (Å²) in [5.74, 6) is 0.563. The predicted molar refractivity (Wildman–Crippen MR) is 77.4 cm³/mol. The van der Waals surface area contributed by atoms with Crippen molar-refractivity contribution in [2.75, 3.05) is 13.1 Å². The topological polar surface area (TPSA) is 29.3 Å². The van der Waals surface area contributed by atoms with Gasteiger partial charge < -0.3 is 10.6 Å². The second-order valence-corrected chi connectivity index (χ2v) is 5.81. The van der Waals surface area contributed by atoms with Crippen LogP contribution in [0.4, 0.5) is 4.39 Å². The van der Waals surface area contributed by atoms with E-state index in [-0.39, 0.29) is 11.9 Å². The van der Waals surface area contributed by atoms with Gasteiger partial charge in [0, 0.05) is 24.2 Å². The average Bonchev–Trinajstić information content (AvgIpc) is 2.40. The molecule has 2 N–H and O–H groups in total. The first-order chi connectivity index (χ1) is 9.09. The summed E-state index contributed by atoms with van der Waals surface area (Å²) in [5.41, 5.74) is 6.77. The monoisotopic (exact) mass is 264 g/mol. The number of likely N-dealkylation sites (tertiary alicyclic amines) is 1. The Morgan fingerprint density at radius 3 is 2.84 bits per heavy atom. The van der Waals surface area contributed by atoms with Crippen molar-refractivity contribution >= 4 is 0 Å². The fourth-order valence-electron chi connectivity index (χ4n) is 2.97. The Morgan fingerprint density at radius 2 is 2.11 bits per heavy atom. The highest BCUT2D eigenvalue weighted by molar-refractivity contribution is 5.20. The molecule has 3 heteroatoms. The fraction of sp³-hybridized carbons (Fsp3) is 0.625. The first-order valence-electron chi connectivity index (χ1n) is 7.33. The Hall–Kier alpha value is -0.930. The van der Waals surface area contributed by atoms with Crippen molar-refractivity contribution < 1.29 is 4.39 Å². The van der Waals surface area contributed by atoms with Gasteiger partial charge in [0.1, 0.15) is 5.82 Å². The molecule has 0 aliphatic carbocycles. The third kappa shape index (κ3) is 3.54. The molecule has 0 spiro atoms. The van der Waals surface area contributed by atoms with E-state index >= 15 is 0 Å². The molecule has 1 fully saturated rings. The van der Waals surface area contributed by atoms with Crippen LogP contribution >= 0.6 is 0 Å². The lowest BCUT2D eigenvalue weighted by molar-refractivity contribution is 0.110. The van der Waals surface area contributed by atoms with Crippen LogP contribution < -0.4 is 5.73 Å². The summed E-state index contributed by atoms with van der Waals surface area (Å²) in [4.78, 5) is 2.49. The van der Waals surface area contributed by atoms with Crippen molar-refractivity contribution in [3.8, 4) is 0 Å². The minimum absolute atomic E-state index is 0.185. The molecule has 0 aromatic heterocycles. The minimum Gasteiger partial charge on any atom is -0.324 e. The number of piperidine rings is 1. The number of hydrogen-bond donors (Lipinski definition) is 1. The molecular weight excluding hydrogens is 239 g/mol. The van der Waals surface area contributed by atoms with E-state index in [9.17, 15) is 4.39 Å². The van der Waals surface area contributed by atoms with Crippen LogP contribution in [0.1, 0.15) is 44.7 Å². The Bertz CT molecular complexity index is 407. The lowest BCUT2D eigenvalue weighted by Gasteiger charge is -2.38. The van der Waals surface area contributed by atoms with Gasteiger partial charge in [0.15, 0.2) is 0 Å². The molecule has 1 heterocycles. The highest BCUT2D eigenvalue weighted by Crippen LogP contribution is 2.24. The quantitative estimate of drug-likeness (QED) is 0.903. The summed E-state index contributed by atoms with van der Waals surface area (Å²) < 4.78 is 13.7. The van der Waals surface area contributed by atoms with Gasteiger partial charge in [-0.2, -0.15) is 0 Å². The summed E-state index contributed by atoms with van der Waals surface area (Å²) in [6.45, 7) is 6.71. The van der Waals surface area contributed by atoms with E-state index in [4.69, 9.17) is 5.73 Å². The summed E-state index contributed by atoms with van der Waals surface area (Å²) in [6, 6.07) is 7.25. The smallest absolute Gasteiger partial charge is 0.127 e. The van der Waals surface area contributed by atoms with Crippen LogP contribution in [-0.4, -0.2) is 24.0 Å². The maximum Gasteiger partial charge on any atom is 0.127 e. The molecule has 3 unspecified atom stereocenters. The molecule has 0 saturated carbocycles. The average molecular weight is 264 g/mol. The van der Waals surface area contributed by atoms with E-state index in [2.05, 4.69) is 18.7 Å². The van der Waals surface area contributed by atoms with Gasteiger partial charge in [-0.15, -0.1) is 0 Å². The van der Waals surface area contributed by atoms with Crippen molar-refractivity contribution in [1.29, 1.82) is 0 Å². The molecular formula is C16H25FN2. The van der Waals surface area contributed by atoms with Gasteiger partial charge in [-0.05, 0) is 44.7 Å². The van der Waals surface area contributed by atoms with E-state index in [0.717, 1.165) is 25.4 Å². The molecule has 3 atom stereocenters. The summed E-state index contributed by atoms with van der Waals surface area (Å²) in [5, 5.41) is 0. The second-order valence-electron chi connectivity index (χ2n) is 5.81. The van der Waals surface area contributed by atoms with Gasteiger partial charge in [-0.25, -0.2) is 4.39 Å². The molecule has 1 aliphatic heterocycles. The summed E-state index contributed by atoms with van der Waals surface area (Å²) in [6.07, 6.45) is 3.40. The van der Waals surface area contributed by atoms with Crippen molar-refractivity contribution in [3.63, 3.8) is 0 Å². The maximum absolute atomic E-state index is 13.7. The lowest BCUT2D eigenvalue weighted by Crippen LogP contribution is -2.43. The third-order valence-corrected chi connectivity index (χ3v) is 4.54. The van der Waals surface area contributed by atoms with Gasteiger partial charge in [0.2, 0.25) is 0 Å². The molecule has 1 aromatic carbocycles. The molecule has 106 valence electrons. The normalized spacial score (nSPS) is 26.3. The van der Waals surface area contributed by atoms with E-state index in [0.29, 0.717) is 11.6 Å². The highest BCUT2D eigenvalue weighted by atomic mass is 19.1. The summed E-state index contributed by atoms with van der Waals surface area (Å²) >= 11 is 0. The predicted octanol–water partition coefficient (Wildman–Crippen LogP) is 3.34. The van der Waals surface area contributed by atoms with E-state index in [1.165, 1.54) is 18.9 Å². The zero-order valence-corrected chi connectivity index (χ0v) is 12.0. The van der Waals surface area contributed by atoms with Crippen LogP contribution in [0.25, 0.3) is 0 Å². The van der Waals surface area contributed by atoms with Crippen LogP contribution in [-0.2, 0) is 0 Å². The van der Waals surface area contributed by atoms with Gasteiger partial charge in [0.05, 0.1) is 0 Å².